The normalized spacial score (nSPS) is 17.5. The minimum absolute atomic E-state index is 0.0348. The Bertz CT molecular complexity index is 459. The molecule has 1 aliphatic rings. The lowest BCUT2D eigenvalue weighted by atomic mass is 10.1. The fourth-order valence-corrected chi connectivity index (χ4v) is 1.68. The molecule has 0 spiro atoms. The Labute approximate surface area is 111 Å². The van der Waals surface area contributed by atoms with E-state index >= 15 is 0 Å². The third-order valence-electron chi connectivity index (χ3n) is 2.63. The van der Waals surface area contributed by atoms with E-state index in [4.69, 9.17) is 4.74 Å². The van der Waals surface area contributed by atoms with E-state index in [1.54, 1.807) is 24.3 Å². The van der Waals surface area contributed by atoms with Gasteiger partial charge in [0.15, 0.2) is 0 Å². The smallest absolute Gasteiger partial charge is 0.307 e. The quantitative estimate of drug-likeness (QED) is 0.747. The number of aromatic nitrogens is 2. The van der Waals surface area contributed by atoms with Crippen LogP contribution in [-0.4, -0.2) is 40.5 Å². The summed E-state index contributed by atoms with van der Waals surface area (Å²) < 4.78 is 4.86. The van der Waals surface area contributed by atoms with Crippen molar-refractivity contribution in [3.8, 4) is 0 Å². The highest BCUT2D eigenvalue weighted by molar-refractivity contribution is 5.71. The number of rotatable bonds is 5. The average molecular weight is 260 g/mol. The third-order valence-corrected chi connectivity index (χ3v) is 2.63. The van der Waals surface area contributed by atoms with Crippen LogP contribution in [0.1, 0.15) is 25.0 Å². The minimum Gasteiger partial charge on any atom is -0.466 e. The van der Waals surface area contributed by atoms with Gasteiger partial charge in [-0.1, -0.05) is 6.08 Å². The third kappa shape index (κ3) is 3.87. The van der Waals surface area contributed by atoms with E-state index in [1.807, 2.05) is 24.4 Å². The Morgan fingerprint density at radius 3 is 3.05 bits per heavy atom. The van der Waals surface area contributed by atoms with Gasteiger partial charge in [0, 0.05) is 18.6 Å². The second-order valence-electron chi connectivity index (χ2n) is 4.00. The van der Waals surface area contributed by atoms with Crippen LogP contribution >= 0.6 is 0 Å². The molecule has 0 saturated carbocycles. The van der Waals surface area contributed by atoms with Crippen LogP contribution in [0.25, 0.3) is 0 Å². The molecule has 0 fully saturated rings. The van der Waals surface area contributed by atoms with Crippen LogP contribution in [0.15, 0.2) is 35.7 Å². The first-order chi connectivity index (χ1) is 9.29. The van der Waals surface area contributed by atoms with E-state index in [0.717, 1.165) is 5.69 Å². The van der Waals surface area contributed by atoms with Crippen molar-refractivity contribution in [3.05, 3.63) is 36.3 Å². The highest BCUT2D eigenvalue weighted by Crippen LogP contribution is 2.16. The first-order valence-electron chi connectivity index (χ1n) is 6.22. The Hall–Kier alpha value is -2.24. The molecule has 1 aromatic rings. The lowest BCUT2D eigenvalue weighted by Gasteiger charge is -2.19. The van der Waals surface area contributed by atoms with Gasteiger partial charge in [0.2, 0.25) is 0 Å². The molecule has 1 aromatic heterocycles. The molecular weight excluding hydrogens is 244 g/mol. The molecule has 0 N–H and O–H groups in total. The first-order valence-corrected chi connectivity index (χ1v) is 6.22. The fourth-order valence-electron chi connectivity index (χ4n) is 1.68. The van der Waals surface area contributed by atoms with E-state index in [1.165, 1.54) is 0 Å². The number of hydrazone groups is 1. The van der Waals surface area contributed by atoms with Crippen molar-refractivity contribution in [3.63, 3.8) is 0 Å². The molecule has 100 valence electrons. The highest BCUT2D eigenvalue weighted by Gasteiger charge is 2.13. The average Bonchev–Trinajstić information content (AvgIpc) is 2.47. The van der Waals surface area contributed by atoms with Crippen molar-refractivity contribution in [2.75, 3.05) is 13.2 Å². The molecule has 0 bridgehead atoms. The molecule has 0 saturated heterocycles. The van der Waals surface area contributed by atoms with Crippen LogP contribution in [0.2, 0.25) is 0 Å². The van der Waals surface area contributed by atoms with Gasteiger partial charge in [-0.15, -0.1) is 0 Å². The van der Waals surface area contributed by atoms with Gasteiger partial charge >= 0.3 is 5.97 Å². The summed E-state index contributed by atoms with van der Waals surface area (Å²) in [5, 5.41) is 13.9. The van der Waals surface area contributed by atoms with Crippen molar-refractivity contribution in [1.29, 1.82) is 0 Å². The van der Waals surface area contributed by atoms with E-state index in [2.05, 4.69) is 15.3 Å². The molecule has 2 heterocycles. The largest absolute Gasteiger partial charge is 0.466 e. The number of hydrogen-bond donors (Lipinski definition) is 0. The van der Waals surface area contributed by atoms with Gasteiger partial charge in [-0.05, 0) is 19.1 Å². The summed E-state index contributed by atoms with van der Waals surface area (Å²) in [4.78, 5) is 11.2. The molecule has 6 heteroatoms. The number of nitrogens with zero attached hydrogens (tertiary/aromatic N) is 4. The van der Waals surface area contributed by atoms with Gasteiger partial charge < -0.3 is 4.74 Å². The van der Waals surface area contributed by atoms with Gasteiger partial charge in [0.25, 0.3) is 0 Å². The topological polar surface area (TPSA) is 67.7 Å². The van der Waals surface area contributed by atoms with Gasteiger partial charge in [-0.2, -0.15) is 15.3 Å². The molecule has 1 atom stereocenters. The van der Waals surface area contributed by atoms with Crippen molar-refractivity contribution in [1.82, 2.24) is 15.2 Å². The first kappa shape index (κ1) is 13.2. The van der Waals surface area contributed by atoms with Crippen LogP contribution < -0.4 is 0 Å². The molecule has 19 heavy (non-hydrogen) atoms. The van der Waals surface area contributed by atoms with Crippen molar-refractivity contribution in [2.45, 2.75) is 19.3 Å². The number of esters is 1. The number of allylic oxidation sites excluding steroid dienone is 1. The Morgan fingerprint density at radius 1 is 1.53 bits per heavy atom. The van der Waals surface area contributed by atoms with E-state index in [9.17, 15) is 4.79 Å². The molecule has 0 radical (unpaired) electrons. The standard InChI is InChI=1S/C13H16N4O2/c1-2-19-13(18)6-9-17-8-5-11(10-15-17)12-4-3-7-14-16-12/h3-5,7-8,10-11H,2,6,9H2,1H3. The molecule has 2 rings (SSSR count). The second kappa shape index (κ2) is 6.63. The molecular formula is C13H16N4O2. The van der Waals surface area contributed by atoms with Crippen molar-refractivity contribution >= 4 is 12.2 Å². The summed E-state index contributed by atoms with van der Waals surface area (Å²) in [5.74, 6) is -0.172. The Balaban J connectivity index is 1.84. The van der Waals surface area contributed by atoms with Gasteiger partial charge in [-0.25, -0.2) is 0 Å². The summed E-state index contributed by atoms with van der Waals surface area (Å²) in [6.45, 7) is 2.72. The zero-order valence-corrected chi connectivity index (χ0v) is 10.8. The minimum atomic E-state index is -0.206. The number of carbonyl (C=O) groups excluding carboxylic acids is 1. The fraction of sp³-hybridized carbons (Fsp3) is 0.385. The van der Waals surface area contributed by atoms with E-state index in [0.29, 0.717) is 19.6 Å². The van der Waals surface area contributed by atoms with Crippen molar-refractivity contribution in [2.24, 2.45) is 5.10 Å². The van der Waals surface area contributed by atoms with Gasteiger partial charge in [-0.3, -0.25) is 9.80 Å². The molecule has 0 aliphatic carbocycles. The molecule has 0 amide bonds. The molecule has 1 unspecified atom stereocenters. The summed E-state index contributed by atoms with van der Waals surface area (Å²) in [5.41, 5.74) is 0.854. The van der Waals surface area contributed by atoms with Crippen LogP contribution in [0.3, 0.4) is 0 Å². The lowest BCUT2D eigenvalue weighted by Crippen LogP contribution is -2.20. The summed E-state index contributed by atoms with van der Waals surface area (Å²) >= 11 is 0. The van der Waals surface area contributed by atoms with Crippen LogP contribution in [0.4, 0.5) is 0 Å². The summed E-state index contributed by atoms with van der Waals surface area (Å²) in [7, 11) is 0. The zero-order valence-electron chi connectivity index (χ0n) is 10.8. The van der Waals surface area contributed by atoms with Crippen molar-refractivity contribution < 1.29 is 9.53 Å². The number of carbonyl (C=O) groups is 1. The lowest BCUT2D eigenvalue weighted by molar-refractivity contribution is -0.143. The zero-order chi connectivity index (χ0) is 13.5. The van der Waals surface area contributed by atoms with E-state index in [-0.39, 0.29) is 11.9 Å². The predicted molar refractivity (Wildman–Crippen MR) is 70.4 cm³/mol. The molecule has 6 nitrogen and oxygen atoms in total. The second-order valence-corrected chi connectivity index (χ2v) is 4.00. The maximum Gasteiger partial charge on any atom is 0.307 e. The van der Waals surface area contributed by atoms with Gasteiger partial charge in [0.05, 0.1) is 31.2 Å². The SMILES string of the molecule is CCOC(=O)CCN1C=CC(c2cccnn2)C=N1. The Morgan fingerprint density at radius 2 is 2.42 bits per heavy atom. The maximum absolute atomic E-state index is 11.2. The molecule has 1 aliphatic heterocycles. The highest BCUT2D eigenvalue weighted by atomic mass is 16.5. The summed E-state index contributed by atoms with van der Waals surface area (Å²) in [6.07, 6.45) is 7.57. The van der Waals surface area contributed by atoms with Gasteiger partial charge in [0.1, 0.15) is 0 Å². The Kier molecular flexibility index (Phi) is 4.60. The molecule has 0 aromatic carbocycles. The monoisotopic (exact) mass is 260 g/mol. The van der Waals surface area contributed by atoms with Crippen LogP contribution in [0, 0.1) is 0 Å². The number of ether oxygens (including phenoxy) is 1. The maximum atomic E-state index is 11.2. The number of hydrogen-bond acceptors (Lipinski definition) is 6. The predicted octanol–water partition coefficient (Wildman–Crippen LogP) is 1.33. The summed E-state index contributed by atoms with van der Waals surface area (Å²) in [6, 6.07) is 3.75. The van der Waals surface area contributed by atoms with Crippen LogP contribution in [-0.2, 0) is 9.53 Å². The van der Waals surface area contributed by atoms with Crippen LogP contribution in [0.5, 0.6) is 0 Å². The van der Waals surface area contributed by atoms with E-state index < -0.39 is 0 Å².